The van der Waals surface area contributed by atoms with Crippen LogP contribution in [0.3, 0.4) is 0 Å². The van der Waals surface area contributed by atoms with Gasteiger partial charge in [-0.15, -0.1) is 0 Å². The van der Waals surface area contributed by atoms with Gasteiger partial charge in [-0.25, -0.2) is 8.78 Å². The Morgan fingerprint density at radius 2 is 1.97 bits per heavy atom. The first-order valence-electron chi connectivity index (χ1n) is 9.40. The summed E-state index contributed by atoms with van der Waals surface area (Å²) >= 11 is 0. The minimum atomic E-state index is -2.80. The van der Waals surface area contributed by atoms with Crippen molar-refractivity contribution in [2.24, 2.45) is 7.05 Å². The zero-order valence-corrected chi connectivity index (χ0v) is 16.4. The number of aryl methyl sites for hydroxylation is 3. The molecule has 0 unspecified atom stereocenters. The lowest BCUT2D eigenvalue weighted by molar-refractivity contribution is -0.116. The fourth-order valence-corrected chi connectivity index (χ4v) is 3.45. The first kappa shape index (κ1) is 19.9. The van der Waals surface area contributed by atoms with Crippen molar-refractivity contribution < 1.29 is 23.0 Å². The van der Waals surface area contributed by atoms with Gasteiger partial charge in [-0.3, -0.25) is 18.8 Å². The van der Waals surface area contributed by atoms with Crippen molar-refractivity contribution in [3.8, 4) is 11.5 Å². The molecule has 0 atom stereocenters. The molecular weight excluding hydrogens is 398 g/mol. The molecule has 3 heterocycles. The molecule has 158 valence electrons. The second-order valence-corrected chi connectivity index (χ2v) is 6.95. The van der Waals surface area contributed by atoms with Crippen molar-refractivity contribution in [3.63, 3.8) is 0 Å². The maximum absolute atomic E-state index is 13.4. The largest absolute Gasteiger partial charge is 0.486 e. The molecule has 0 saturated heterocycles. The quantitative estimate of drug-likeness (QED) is 0.689. The second-order valence-electron chi connectivity index (χ2n) is 6.95. The van der Waals surface area contributed by atoms with Gasteiger partial charge in [-0.1, -0.05) is 0 Å². The van der Waals surface area contributed by atoms with Gasteiger partial charge in [0.25, 0.3) is 12.0 Å². The third-order valence-electron chi connectivity index (χ3n) is 5.03. The summed E-state index contributed by atoms with van der Waals surface area (Å²) in [7, 11) is 1.62. The summed E-state index contributed by atoms with van der Waals surface area (Å²) in [5, 5.41) is 7.19. The first-order chi connectivity index (χ1) is 14.3. The Balaban J connectivity index is 1.54. The van der Waals surface area contributed by atoms with Crippen LogP contribution in [0.4, 0.5) is 14.5 Å². The first-order valence-corrected chi connectivity index (χ1v) is 9.40. The average molecular weight is 418 g/mol. The number of hydrogen-bond donors (Lipinski definition) is 1. The number of nitrogens with one attached hydrogen (secondary N) is 1. The van der Waals surface area contributed by atoms with Crippen molar-refractivity contribution in [3.05, 3.63) is 45.9 Å². The third kappa shape index (κ3) is 3.60. The van der Waals surface area contributed by atoms with E-state index in [1.165, 1.54) is 9.25 Å². The number of alkyl halides is 2. The van der Waals surface area contributed by atoms with Crippen molar-refractivity contribution >= 4 is 22.6 Å². The van der Waals surface area contributed by atoms with Gasteiger partial charge in [0.05, 0.1) is 0 Å². The van der Waals surface area contributed by atoms with Crippen LogP contribution < -0.4 is 20.3 Å². The number of anilines is 1. The molecule has 0 fully saturated rings. The van der Waals surface area contributed by atoms with E-state index in [-0.39, 0.29) is 35.5 Å². The minimum Gasteiger partial charge on any atom is -0.486 e. The number of pyridine rings is 1. The van der Waals surface area contributed by atoms with E-state index in [0.717, 1.165) is 6.07 Å². The van der Waals surface area contributed by atoms with Gasteiger partial charge < -0.3 is 14.8 Å². The van der Waals surface area contributed by atoms with Crippen LogP contribution in [-0.2, 0) is 18.4 Å². The smallest absolute Gasteiger partial charge is 0.264 e. The maximum Gasteiger partial charge on any atom is 0.264 e. The molecule has 0 aliphatic carbocycles. The Morgan fingerprint density at radius 1 is 1.23 bits per heavy atom. The highest BCUT2D eigenvalue weighted by Crippen LogP contribution is 2.32. The average Bonchev–Trinajstić information content (AvgIpc) is 3.01. The molecule has 0 radical (unpaired) electrons. The minimum absolute atomic E-state index is 0.00564. The van der Waals surface area contributed by atoms with E-state index in [2.05, 4.69) is 10.4 Å². The summed E-state index contributed by atoms with van der Waals surface area (Å²) in [5.74, 6) is 0.818. The van der Waals surface area contributed by atoms with Gasteiger partial charge in [0.1, 0.15) is 13.2 Å². The van der Waals surface area contributed by atoms with Crippen LogP contribution in [0.1, 0.15) is 24.1 Å². The molecule has 1 aromatic carbocycles. The van der Waals surface area contributed by atoms with Crippen molar-refractivity contribution in [2.75, 3.05) is 18.5 Å². The molecule has 1 N–H and O–H groups in total. The Morgan fingerprint density at radius 3 is 2.70 bits per heavy atom. The van der Waals surface area contributed by atoms with Gasteiger partial charge in [0.15, 0.2) is 17.1 Å². The molecular formula is C20H20F2N4O4. The van der Waals surface area contributed by atoms with Gasteiger partial charge in [0, 0.05) is 54.5 Å². The fraction of sp³-hybridized carbons (Fsp3) is 0.350. The van der Waals surface area contributed by atoms with E-state index in [1.54, 1.807) is 32.2 Å². The van der Waals surface area contributed by atoms with Crippen LogP contribution in [0.2, 0.25) is 0 Å². The number of carbonyl (C=O) groups excluding carboxylic acids is 1. The number of benzene rings is 1. The summed E-state index contributed by atoms with van der Waals surface area (Å²) in [4.78, 5) is 24.8. The number of halogens is 2. The summed E-state index contributed by atoms with van der Waals surface area (Å²) in [6.45, 7) is 2.57. The number of hydrogen-bond acceptors (Lipinski definition) is 5. The normalized spacial score (nSPS) is 13.1. The van der Waals surface area contributed by atoms with Gasteiger partial charge in [-0.05, 0) is 19.1 Å². The number of ether oxygens (including phenoxy) is 2. The monoisotopic (exact) mass is 418 g/mol. The van der Waals surface area contributed by atoms with E-state index >= 15 is 0 Å². The predicted octanol–water partition coefficient (Wildman–Crippen LogP) is 2.78. The standard InChI is InChI=1S/C20H20F2N4O4/c1-11-18-13(19(21)22)10-17(28)26(20(18)24-25(11)2)6-5-16(27)23-12-3-4-14-15(9-12)30-8-7-29-14/h3-4,9-10,19H,5-8H2,1-2H3,(H,23,27). The van der Waals surface area contributed by atoms with E-state index in [1.807, 2.05) is 0 Å². The van der Waals surface area contributed by atoms with Crippen molar-refractivity contribution in [1.29, 1.82) is 0 Å². The van der Waals surface area contributed by atoms with Crippen LogP contribution >= 0.6 is 0 Å². The van der Waals surface area contributed by atoms with E-state index < -0.39 is 12.0 Å². The van der Waals surface area contributed by atoms with Crippen LogP contribution in [0.5, 0.6) is 11.5 Å². The summed E-state index contributed by atoms with van der Waals surface area (Å²) < 4.78 is 40.4. The molecule has 10 heteroatoms. The third-order valence-corrected chi connectivity index (χ3v) is 5.03. The Labute approximate surface area is 170 Å². The molecule has 3 aromatic rings. The van der Waals surface area contributed by atoms with Crippen LogP contribution in [0, 0.1) is 6.92 Å². The van der Waals surface area contributed by atoms with Gasteiger partial charge in [-0.2, -0.15) is 5.10 Å². The number of carbonyl (C=O) groups is 1. The van der Waals surface area contributed by atoms with E-state index in [4.69, 9.17) is 9.47 Å². The molecule has 0 spiro atoms. The molecule has 2 aromatic heterocycles. The molecule has 8 nitrogen and oxygen atoms in total. The van der Waals surface area contributed by atoms with E-state index in [0.29, 0.717) is 36.1 Å². The van der Waals surface area contributed by atoms with Gasteiger partial charge in [0.2, 0.25) is 5.91 Å². The highest BCUT2D eigenvalue weighted by Gasteiger charge is 2.21. The van der Waals surface area contributed by atoms with Crippen LogP contribution in [0.25, 0.3) is 11.0 Å². The Hall–Kier alpha value is -3.43. The highest BCUT2D eigenvalue weighted by atomic mass is 19.3. The lowest BCUT2D eigenvalue weighted by Crippen LogP contribution is -2.24. The highest BCUT2D eigenvalue weighted by molar-refractivity contribution is 5.91. The number of aromatic nitrogens is 3. The van der Waals surface area contributed by atoms with E-state index in [9.17, 15) is 18.4 Å². The number of rotatable bonds is 5. The van der Waals surface area contributed by atoms with Gasteiger partial charge >= 0.3 is 0 Å². The molecule has 1 aliphatic heterocycles. The zero-order chi connectivity index (χ0) is 21.4. The summed E-state index contributed by atoms with van der Waals surface area (Å²) in [6.07, 6.45) is -2.83. The summed E-state index contributed by atoms with van der Waals surface area (Å²) in [5.41, 5.74) is 0.226. The number of nitrogens with zero attached hydrogens (tertiary/aromatic N) is 3. The SMILES string of the molecule is Cc1c2c(C(F)F)cc(=O)n(CCC(=O)Nc3ccc4c(c3)OCCO4)c2nn1C. The molecule has 0 bridgehead atoms. The predicted molar refractivity (Wildman–Crippen MR) is 105 cm³/mol. The second kappa shape index (κ2) is 7.77. The molecule has 0 saturated carbocycles. The summed E-state index contributed by atoms with van der Waals surface area (Å²) in [6, 6.07) is 5.98. The number of fused-ring (bicyclic) bond motifs is 2. The van der Waals surface area contributed by atoms with Crippen molar-refractivity contribution in [1.82, 2.24) is 14.3 Å². The Bertz CT molecular complexity index is 1190. The zero-order valence-electron chi connectivity index (χ0n) is 16.4. The molecule has 30 heavy (non-hydrogen) atoms. The lowest BCUT2D eigenvalue weighted by Gasteiger charge is -2.19. The fourth-order valence-electron chi connectivity index (χ4n) is 3.45. The van der Waals surface area contributed by atoms with Crippen LogP contribution in [0.15, 0.2) is 29.1 Å². The van der Waals surface area contributed by atoms with Crippen molar-refractivity contribution in [2.45, 2.75) is 26.3 Å². The molecule has 1 aliphatic rings. The van der Waals surface area contributed by atoms with Crippen LogP contribution in [-0.4, -0.2) is 33.5 Å². The Kier molecular flexibility index (Phi) is 5.15. The number of amides is 1. The molecule has 4 rings (SSSR count). The topological polar surface area (TPSA) is 87.4 Å². The lowest BCUT2D eigenvalue weighted by atomic mass is 10.1. The molecule has 1 amide bonds. The maximum atomic E-state index is 13.4.